The highest BCUT2D eigenvalue weighted by Crippen LogP contribution is 2.61. The van der Waals surface area contributed by atoms with Gasteiger partial charge in [-0.2, -0.15) is 10.1 Å². The summed E-state index contributed by atoms with van der Waals surface area (Å²) in [7, 11) is 4.33. The van der Waals surface area contributed by atoms with Gasteiger partial charge in [-0.25, -0.2) is 0 Å². The quantitative estimate of drug-likeness (QED) is 0.150. The van der Waals surface area contributed by atoms with Gasteiger partial charge in [0.25, 0.3) is 23.6 Å². The van der Waals surface area contributed by atoms with Gasteiger partial charge in [0.1, 0.15) is 5.75 Å². The first-order valence-corrected chi connectivity index (χ1v) is 16.9. The number of allylic oxidation sites excluding steroid dienone is 3. The van der Waals surface area contributed by atoms with Crippen LogP contribution in [-0.4, -0.2) is 65.3 Å². The van der Waals surface area contributed by atoms with Crippen LogP contribution in [0.3, 0.4) is 0 Å². The lowest BCUT2D eigenvalue weighted by Crippen LogP contribution is -2.54. The SMILES string of the molecule is COc1ccc([C@@]23C(=O)N(Nc4ccc(Cl)cc4Cl)C(=O)[C@@H]2C[C@@H]2C(=CC[C@@H]4C(=O)N(O)C(=O)[C@@H]42)[C@@H]3C=Cc2cc(OC)c(O)c(OC)c2)cc1. The van der Waals surface area contributed by atoms with Crippen molar-refractivity contribution in [1.29, 1.82) is 0 Å². The van der Waals surface area contributed by atoms with Gasteiger partial charge in [-0.15, -0.1) is 0 Å². The molecule has 0 radical (unpaired) electrons. The van der Waals surface area contributed by atoms with E-state index in [1.54, 1.807) is 60.7 Å². The zero-order valence-electron chi connectivity index (χ0n) is 27.6. The lowest BCUT2D eigenvalue weighted by Gasteiger charge is -2.49. The molecule has 264 valence electrons. The van der Waals surface area contributed by atoms with Gasteiger partial charge >= 0.3 is 0 Å². The van der Waals surface area contributed by atoms with Crippen molar-refractivity contribution in [3.63, 3.8) is 0 Å². The third-order valence-corrected chi connectivity index (χ3v) is 11.1. The van der Waals surface area contributed by atoms with Crippen molar-refractivity contribution in [2.24, 2.45) is 29.6 Å². The lowest BCUT2D eigenvalue weighted by molar-refractivity contribution is -0.173. The molecule has 1 saturated carbocycles. The van der Waals surface area contributed by atoms with Gasteiger partial charge in [0.15, 0.2) is 11.5 Å². The number of hydroxylamine groups is 2. The molecule has 51 heavy (non-hydrogen) atoms. The molecule has 7 rings (SSSR count). The molecule has 4 amide bonds. The number of phenolic OH excluding ortho intramolecular Hbond substituents is 1. The molecule has 2 heterocycles. The van der Waals surface area contributed by atoms with Crippen LogP contribution in [0, 0.1) is 29.6 Å². The molecule has 2 aliphatic heterocycles. The largest absolute Gasteiger partial charge is 0.502 e. The fourth-order valence-corrected chi connectivity index (χ4v) is 8.74. The van der Waals surface area contributed by atoms with Gasteiger partial charge in [-0.1, -0.05) is 59.1 Å². The molecule has 3 aromatic carbocycles. The molecule has 14 heteroatoms. The Bertz CT molecular complexity index is 2010. The molecule has 0 spiro atoms. The fourth-order valence-electron chi connectivity index (χ4n) is 8.29. The number of ether oxygens (including phenoxy) is 3. The molecule has 3 fully saturated rings. The summed E-state index contributed by atoms with van der Waals surface area (Å²) in [5.41, 5.74) is 3.40. The molecular weight excluding hydrogens is 701 g/mol. The molecule has 0 aromatic heterocycles. The van der Waals surface area contributed by atoms with Gasteiger partial charge in [0, 0.05) is 10.9 Å². The highest BCUT2D eigenvalue weighted by atomic mass is 35.5. The maximum Gasteiger partial charge on any atom is 0.260 e. The van der Waals surface area contributed by atoms with Crippen LogP contribution in [0.15, 0.2) is 72.3 Å². The van der Waals surface area contributed by atoms with E-state index in [2.05, 4.69) is 5.43 Å². The predicted octanol–water partition coefficient (Wildman–Crippen LogP) is 5.64. The zero-order valence-corrected chi connectivity index (χ0v) is 29.1. The van der Waals surface area contributed by atoms with Crippen molar-refractivity contribution in [2.45, 2.75) is 18.3 Å². The standard InChI is InChI=1S/C37H33Cl2N3O9/c1-49-21-8-5-19(6-9-21)37-25(12-4-18-14-29(50-2)32(43)30(15-18)51-3)22-10-11-23-31(35(46)42(48)33(23)44)24(22)17-26(37)34(45)41(36(37)47)40-28-13-7-20(38)16-27(28)39/h4-10,12-16,23-26,31,40,43,48H,11,17H2,1-3H3/t23-,24+,25-,26-,31-,37-/m0/s1. The Hall–Kier alpha value is -5.04. The molecule has 12 nitrogen and oxygen atoms in total. The smallest absolute Gasteiger partial charge is 0.260 e. The monoisotopic (exact) mass is 733 g/mol. The number of halogens is 2. The van der Waals surface area contributed by atoms with Crippen molar-refractivity contribution >= 4 is 58.6 Å². The number of phenols is 1. The lowest BCUT2D eigenvalue weighted by atomic mass is 9.50. The van der Waals surface area contributed by atoms with Crippen molar-refractivity contribution in [1.82, 2.24) is 10.1 Å². The Labute approximate surface area is 302 Å². The molecule has 0 bridgehead atoms. The van der Waals surface area contributed by atoms with E-state index < -0.39 is 58.6 Å². The second-order valence-electron chi connectivity index (χ2n) is 12.9. The number of anilines is 1. The highest BCUT2D eigenvalue weighted by molar-refractivity contribution is 6.36. The van der Waals surface area contributed by atoms with E-state index in [1.807, 2.05) is 6.08 Å². The van der Waals surface area contributed by atoms with Crippen molar-refractivity contribution in [3.8, 4) is 23.0 Å². The zero-order chi connectivity index (χ0) is 36.4. The Morgan fingerprint density at radius 2 is 1.57 bits per heavy atom. The number of carbonyl (C=O) groups excluding carboxylic acids is 4. The molecule has 6 atom stereocenters. The summed E-state index contributed by atoms with van der Waals surface area (Å²) in [6.45, 7) is 0. The summed E-state index contributed by atoms with van der Waals surface area (Å²) in [4.78, 5) is 56.3. The Morgan fingerprint density at radius 1 is 0.882 bits per heavy atom. The number of hydrogen-bond acceptors (Lipinski definition) is 10. The molecule has 2 aliphatic carbocycles. The molecule has 3 aromatic rings. The number of hydrazine groups is 1. The Kier molecular flexibility index (Phi) is 8.73. The highest BCUT2D eigenvalue weighted by Gasteiger charge is 2.69. The van der Waals surface area contributed by atoms with Gasteiger partial charge in [-0.3, -0.25) is 29.8 Å². The van der Waals surface area contributed by atoms with Crippen LogP contribution in [0.2, 0.25) is 10.0 Å². The van der Waals surface area contributed by atoms with Crippen molar-refractivity contribution in [3.05, 3.63) is 93.5 Å². The average molecular weight is 735 g/mol. The number of benzene rings is 3. The summed E-state index contributed by atoms with van der Waals surface area (Å²) in [5, 5.41) is 22.7. The average Bonchev–Trinajstić information content (AvgIpc) is 3.48. The second-order valence-corrected chi connectivity index (χ2v) is 13.7. The normalized spacial score (nSPS) is 26.9. The van der Waals surface area contributed by atoms with Crippen LogP contribution in [-0.2, 0) is 24.6 Å². The van der Waals surface area contributed by atoms with E-state index in [-0.39, 0.29) is 45.9 Å². The number of rotatable bonds is 8. The van der Waals surface area contributed by atoms with Crippen LogP contribution in [0.25, 0.3) is 6.08 Å². The van der Waals surface area contributed by atoms with E-state index in [0.29, 0.717) is 27.5 Å². The molecule has 3 N–H and O–H groups in total. The van der Waals surface area contributed by atoms with E-state index in [9.17, 15) is 24.7 Å². The third kappa shape index (κ3) is 5.23. The van der Waals surface area contributed by atoms with Gasteiger partial charge in [0.2, 0.25) is 5.75 Å². The summed E-state index contributed by atoms with van der Waals surface area (Å²) < 4.78 is 16.2. The molecule has 4 aliphatic rings. The van der Waals surface area contributed by atoms with Crippen LogP contribution in [0.4, 0.5) is 5.69 Å². The number of methoxy groups -OCH3 is 3. The first-order chi connectivity index (χ1) is 24.5. The minimum Gasteiger partial charge on any atom is -0.502 e. The number of fused-ring (bicyclic) bond motifs is 4. The number of amides is 4. The number of carbonyl (C=O) groups is 4. The van der Waals surface area contributed by atoms with Gasteiger partial charge in [-0.05, 0) is 72.4 Å². The maximum atomic E-state index is 15.2. The summed E-state index contributed by atoms with van der Waals surface area (Å²) in [6, 6.07) is 14.7. The summed E-state index contributed by atoms with van der Waals surface area (Å²) >= 11 is 12.6. The second kappa shape index (κ2) is 12.9. The first kappa shape index (κ1) is 34.4. The molecule has 2 saturated heterocycles. The maximum absolute atomic E-state index is 15.2. The van der Waals surface area contributed by atoms with Crippen molar-refractivity contribution in [2.75, 3.05) is 26.8 Å². The fraction of sp³-hybridized carbons (Fsp3) is 0.297. The molecule has 0 unspecified atom stereocenters. The number of nitrogens with one attached hydrogen (secondary N) is 1. The number of imide groups is 2. The Balaban J connectivity index is 1.45. The third-order valence-electron chi connectivity index (χ3n) is 10.6. The number of hydrogen-bond donors (Lipinski definition) is 3. The summed E-state index contributed by atoms with van der Waals surface area (Å²) in [6.07, 6.45) is 5.57. The van der Waals surface area contributed by atoms with E-state index in [0.717, 1.165) is 5.01 Å². The van der Waals surface area contributed by atoms with E-state index in [4.69, 9.17) is 37.4 Å². The van der Waals surface area contributed by atoms with Crippen molar-refractivity contribution < 1.29 is 43.7 Å². The van der Waals surface area contributed by atoms with Crippen LogP contribution in [0.1, 0.15) is 24.0 Å². The van der Waals surface area contributed by atoms with Crippen LogP contribution >= 0.6 is 23.2 Å². The number of aromatic hydroxyl groups is 1. The van der Waals surface area contributed by atoms with Crippen LogP contribution < -0.4 is 19.6 Å². The van der Waals surface area contributed by atoms with Gasteiger partial charge < -0.3 is 19.3 Å². The first-order valence-electron chi connectivity index (χ1n) is 16.1. The number of nitrogens with zero attached hydrogens (tertiary/aromatic N) is 2. The van der Waals surface area contributed by atoms with E-state index in [1.165, 1.54) is 27.4 Å². The minimum atomic E-state index is -1.56. The van der Waals surface area contributed by atoms with E-state index >= 15 is 4.79 Å². The Morgan fingerprint density at radius 3 is 2.20 bits per heavy atom. The molecular formula is C37H33Cl2N3O9. The summed E-state index contributed by atoms with van der Waals surface area (Å²) in [5.74, 6) is -6.21. The van der Waals surface area contributed by atoms with Crippen LogP contribution in [0.5, 0.6) is 23.0 Å². The predicted molar refractivity (Wildman–Crippen MR) is 185 cm³/mol. The topological polar surface area (TPSA) is 155 Å². The minimum absolute atomic E-state index is 0.0359. The van der Waals surface area contributed by atoms with Gasteiger partial charge in [0.05, 0.1) is 55.2 Å².